The number of rotatable bonds is 4. The molecule has 0 aliphatic heterocycles. The maximum atomic E-state index is 11.4. The van der Waals surface area contributed by atoms with Crippen molar-refractivity contribution in [1.82, 2.24) is 5.32 Å². The highest BCUT2D eigenvalue weighted by atomic mass is 35.5. The van der Waals surface area contributed by atoms with Gasteiger partial charge in [-0.1, -0.05) is 18.5 Å². The molecule has 0 bridgehead atoms. The van der Waals surface area contributed by atoms with Gasteiger partial charge in [-0.15, -0.1) is 0 Å². The normalized spacial score (nSPS) is 11.9. The molecule has 1 aromatic rings. The van der Waals surface area contributed by atoms with Crippen LogP contribution < -0.4 is 10.1 Å². The van der Waals surface area contributed by atoms with Gasteiger partial charge in [-0.2, -0.15) is 0 Å². The molecule has 0 spiro atoms. The number of benzene rings is 1. The van der Waals surface area contributed by atoms with E-state index < -0.39 is 6.10 Å². The van der Waals surface area contributed by atoms with Gasteiger partial charge in [0.25, 0.3) is 5.91 Å². The van der Waals surface area contributed by atoms with Crippen molar-refractivity contribution in [2.75, 3.05) is 7.05 Å². The van der Waals surface area contributed by atoms with Crippen LogP contribution in [0.25, 0.3) is 0 Å². The Kier molecular flexibility index (Phi) is 4.43. The molecule has 0 aliphatic rings. The van der Waals surface area contributed by atoms with Crippen LogP contribution >= 0.6 is 11.6 Å². The molecule has 1 rings (SSSR count). The number of ether oxygens (including phenoxy) is 1. The second kappa shape index (κ2) is 5.61. The lowest BCUT2D eigenvalue weighted by Crippen LogP contribution is -2.35. The van der Waals surface area contributed by atoms with Crippen LogP contribution in [0.5, 0.6) is 5.75 Å². The molecule has 1 aromatic carbocycles. The van der Waals surface area contributed by atoms with Gasteiger partial charge in [0.1, 0.15) is 5.75 Å². The fourth-order valence-electron chi connectivity index (χ4n) is 1.16. The van der Waals surface area contributed by atoms with Gasteiger partial charge in [0.05, 0.1) is 0 Å². The summed E-state index contributed by atoms with van der Waals surface area (Å²) in [4.78, 5) is 11.4. The Balaban J connectivity index is 2.66. The minimum atomic E-state index is -0.448. The predicted molar refractivity (Wildman–Crippen MR) is 60.2 cm³/mol. The van der Waals surface area contributed by atoms with E-state index in [4.69, 9.17) is 16.3 Å². The molecule has 82 valence electrons. The van der Waals surface area contributed by atoms with Crippen LogP contribution in [0.3, 0.4) is 0 Å². The van der Waals surface area contributed by atoms with Gasteiger partial charge in [0, 0.05) is 12.1 Å². The monoisotopic (exact) mass is 227 g/mol. The van der Waals surface area contributed by atoms with Crippen LogP contribution in [0.1, 0.15) is 13.3 Å². The first-order valence-corrected chi connectivity index (χ1v) is 5.19. The second-order valence-corrected chi connectivity index (χ2v) is 3.52. The zero-order chi connectivity index (χ0) is 11.3. The third kappa shape index (κ3) is 3.44. The minimum absolute atomic E-state index is 0.118. The van der Waals surface area contributed by atoms with E-state index in [1.807, 2.05) is 6.92 Å². The molecule has 0 radical (unpaired) electrons. The first-order chi connectivity index (χ1) is 7.17. The number of hydrogen-bond acceptors (Lipinski definition) is 2. The molecular formula is C11H14ClNO2. The summed E-state index contributed by atoms with van der Waals surface area (Å²) >= 11 is 5.74. The zero-order valence-electron chi connectivity index (χ0n) is 8.79. The summed E-state index contributed by atoms with van der Waals surface area (Å²) in [6.45, 7) is 1.90. The molecule has 0 unspecified atom stereocenters. The number of carbonyl (C=O) groups is 1. The maximum absolute atomic E-state index is 11.4. The average molecular weight is 228 g/mol. The van der Waals surface area contributed by atoms with E-state index in [2.05, 4.69) is 5.32 Å². The Morgan fingerprint density at radius 2 is 2.07 bits per heavy atom. The van der Waals surface area contributed by atoms with E-state index in [0.717, 1.165) is 0 Å². The maximum Gasteiger partial charge on any atom is 0.260 e. The summed E-state index contributed by atoms with van der Waals surface area (Å²) in [5.74, 6) is 0.530. The molecule has 0 aliphatic carbocycles. The largest absolute Gasteiger partial charge is 0.481 e. The smallest absolute Gasteiger partial charge is 0.260 e. The van der Waals surface area contributed by atoms with Gasteiger partial charge < -0.3 is 10.1 Å². The third-order valence-electron chi connectivity index (χ3n) is 2.00. The Hall–Kier alpha value is -1.22. The van der Waals surface area contributed by atoms with E-state index >= 15 is 0 Å². The molecule has 1 N–H and O–H groups in total. The SMILES string of the molecule is CC[C@H](Oc1ccc(Cl)cc1)C(=O)NC. The number of nitrogens with one attached hydrogen (secondary N) is 1. The van der Waals surface area contributed by atoms with Gasteiger partial charge >= 0.3 is 0 Å². The Bertz CT molecular complexity index is 324. The zero-order valence-corrected chi connectivity index (χ0v) is 9.54. The first-order valence-electron chi connectivity index (χ1n) is 4.81. The van der Waals surface area contributed by atoms with E-state index in [1.54, 1.807) is 31.3 Å². The second-order valence-electron chi connectivity index (χ2n) is 3.08. The van der Waals surface area contributed by atoms with Gasteiger partial charge in [0.15, 0.2) is 6.10 Å². The average Bonchev–Trinajstić information content (AvgIpc) is 2.27. The lowest BCUT2D eigenvalue weighted by molar-refractivity contribution is -0.127. The van der Waals surface area contributed by atoms with E-state index in [-0.39, 0.29) is 5.91 Å². The summed E-state index contributed by atoms with van der Waals surface area (Å²) < 4.78 is 5.50. The molecule has 0 saturated heterocycles. The predicted octanol–water partition coefficient (Wildman–Crippen LogP) is 2.24. The lowest BCUT2D eigenvalue weighted by atomic mass is 10.2. The fourth-order valence-corrected chi connectivity index (χ4v) is 1.29. The molecule has 0 heterocycles. The number of halogens is 1. The lowest BCUT2D eigenvalue weighted by Gasteiger charge is -2.15. The van der Waals surface area contributed by atoms with Gasteiger partial charge in [-0.25, -0.2) is 0 Å². The standard InChI is InChI=1S/C11H14ClNO2/c1-3-10(11(14)13-2)15-9-6-4-8(12)5-7-9/h4-7,10H,3H2,1-2H3,(H,13,14)/t10-/m0/s1. The molecule has 3 nitrogen and oxygen atoms in total. The van der Waals surface area contributed by atoms with Crippen molar-refractivity contribution in [3.8, 4) is 5.75 Å². The van der Waals surface area contributed by atoms with Crippen LogP contribution in [-0.2, 0) is 4.79 Å². The quantitative estimate of drug-likeness (QED) is 0.857. The van der Waals surface area contributed by atoms with Crippen molar-refractivity contribution in [2.24, 2.45) is 0 Å². The highest BCUT2D eigenvalue weighted by molar-refractivity contribution is 6.30. The van der Waals surface area contributed by atoms with Crippen molar-refractivity contribution >= 4 is 17.5 Å². The number of likely N-dealkylation sites (N-methyl/N-ethyl adjacent to an activating group) is 1. The fraction of sp³-hybridized carbons (Fsp3) is 0.364. The highest BCUT2D eigenvalue weighted by Gasteiger charge is 2.16. The van der Waals surface area contributed by atoms with Gasteiger partial charge in [-0.3, -0.25) is 4.79 Å². The Morgan fingerprint density at radius 3 is 2.53 bits per heavy atom. The van der Waals surface area contributed by atoms with Crippen LogP contribution in [0.4, 0.5) is 0 Å². The van der Waals surface area contributed by atoms with Crippen molar-refractivity contribution in [2.45, 2.75) is 19.4 Å². The Morgan fingerprint density at radius 1 is 1.47 bits per heavy atom. The number of amides is 1. The van der Waals surface area contributed by atoms with E-state index in [1.165, 1.54) is 0 Å². The summed E-state index contributed by atoms with van der Waals surface area (Å²) in [7, 11) is 1.59. The molecule has 0 fully saturated rings. The first kappa shape index (κ1) is 11.9. The van der Waals surface area contributed by atoms with Crippen molar-refractivity contribution < 1.29 is 9.53 Å². The summed E-state index contributed by atoms with van der Waals surface area (Å²) in [5.41, 5.74) is 0. The van der Waals surface area contributed by atoms with Gasteiger partial charge in [-0.05, 0) is 30.7 Å². The molecule has 0 saturated carbocycles. The van der Waals surface area contributed by atoms with E-state index in [0.29, 0.717) is 17.2 Å². The molecule has 4 heteroatoms. The van der Waals surface area contributed by atoms with Crippen molar-refractivity contribution in [1.29, 1.82) is 0 Å². The molecule has 1 amide bonds. The topological polar surface area (TPSA) is 38.3 Å². The molecular weight excluding hydrogens is 214 g/mol. The van der Waals surface area contributed by atoms with Crippen molar-refractivity contribution in [3.05, 3.63) is 29.3 Å². The molecule has 1 atom stereocenters. The highest BCUT2D eigenvalue weighted by Crippen LogP contribution is 2.17. The summed E-state index contributed by atoms with van der Waals surface area (Å²) in [6.07, 6.45) is 0.179. The minimum Gasteiger partial charge on any atom is -0.481 e. The van der Waals surface area contributed by atoms with Crippen molar-refractivity contribution in [3.63, 3.8) is 0 Å². The van der Waals surface area contributed by atoms with Crippen LogP contribution in [0.2, 0.25) is 5.02 Å². The summed E-state index contributed by atoms with van der Waals surface area (Å²) in [6, 6.07) is 6.95. The van der Waals surface area contributed by atoms with Crippen LogP contribution in [-0.4, -0.2) is 19.1 Å². The molecule has 15 heavy (non-hydrogen) atoms. The van der Waals surface area contributed by atoms with E-state index in [9.17, 15) is 4.79 Å². The van der Waals surface area contributed by atoms with Gasteiger partial charge in [0.2, 0.25) is 0 Å². The Labute approximate surface area is 94.4 Å². The molecule has 0 aromatic heterocycles. The van der Waals surface area contributed by atoms with Crippen LogP contribution in [0.15, 0.2) is 24.3 Å². The van der Waals surface area contributed by atoms with Crippen LogP contribution in [0, 0.1) is 0 Å². The number of carbonyl (C=O) groups excluding carboxylic acids is 1. The number of hydrogen-bond donors (Lipinski definition) is 1. The third-order valence-corrected chi connectivity index (χ3v) is 2.25. The summed E-state index contributed by atoms with van der Waals surface area (Å²) in [5, 5.41) is 3.21.